The van der Waals surface area contributed by atoms with Crippen molar-refractivity contribution in [2.24, 2.45) is 0 Å². The third-order valence-electron chi connectivity index (χ3n) is 2.20. The van der Waals surface area contributed by atoms with Gasteiger partial charge in [0.05, 0.1) is 4.88 Å². The van der Waals surface area contributed by atoms with Gasteiger partial charge in [0.2, 0.25) is 0 Å². The zero-order valence-electron chi connectivity index (χ0n) is 10.2. The summed E-state index contributed by atoms with van der Waals surface area (Å²) in [6.45, 7) is 2.00. The van der Waals surface area contributed by atoms with Crippen LogP contribution in [-0.4, -0.2) is 11.8 Å². The molecule has 0 fully saturated rings. The maximum Gasteiger partial charge on any atom is 0.279 e. The number of rotatable bonds is 3. The monoisotopic (exact) mass is 292 g/mol. The lowest BCUT2D eigenvalue weighted by Crippen LogP contribution is -2.40. The van der Waals surface area contributed by atoms with E-state index in [-0.39, 0.29) is 11.8 Å². The average molecular weight is 292 g/mol. The van der Waals surface area contributed by atoms with Crippen LogP contribution in [-0.2, 0) is 4.79 Å². The molecule has 0 aromatic carbocycles. The summed E-state index contributed by atoms with van der Waals surface area (Å²) in [6, 6.07) is 7.39. The van der Waals surface area contributed by atoms with E-state index in [9.17, 15) is 9.59 Å². The van der Waals surface area contributed by atoms with Gasteiger partial charge >= 0.3 is 0 Å². The van der Waals surface area contributed by atoms with Crippen molar-refractivity contribution in [2.45, 2.75) is 6.92 Å². The Morgan fingerprint density at radius 1 is 1.21 bits per heavy atom. The lowest BCUT2D eigenvalue weighted by Gasteiger charge is -2.02. The molecule has 98 valence electrons. The van der Waals surface area contributed by atoms with Gasteiger partial charge in [0.25, 0.3) is 11.8 Å². The molecule has 0 unspecified atom stereocenters. The lowest BCUT2D eigenvalue weighted by atomic mass is 10.4. The first-order chi connectivity index (χ1) is 9.15. The molecule has 0 radical (unpaired) electrons. The van der Waals surface area contributed by atoms with Crippen molar-refractivity contribution in [1.29, 1.82) is 0 Å². The van der Waals surface area contributed by atoms with Crippen molar-refractivity contribution in [1.82, 2.24) is 10.9 Å². The van der Waals surface area contributed by atoms with Gasteiger partial charge in [-0.3, -0.25) is 20.4 Å². The van der Waals surface area contributed by atoms with Gasteiger partial charge in [-0.15, -0.1) is 22.7 Å². The highest BCUT2D eigenvalue weighted by molar-refractivity contribution is 7.12. The summed E-state index contributed by atoms with van der Waals surface area (Å²) in [5, 5.41) is 1.80. The minimum absolute atomic E-state index is 0.316. The molecule has 19 heavy (non-hydrogen) atoms. The summed E-state index contributed by atoms with van der Waals surface area (Å²) in [5.74, 6) is -0.681. The topological polar surface area (TPSA) is 58.2 Å². The van der Waals surface area contributed by atoms with E-state index in [1.165, 1.54) is 22.3 Å². The standard InChI is InChI=1S/C13H12N2O2S2/c1-9-4-5-10(19-9)6-7-12(16)14-15-13(17)11-3-2-8-18-11/h2-8H,1H3,(H,14,16)(H,15,17)/b7-6+. The van der Waals surface area contributed by atoms with Crippen LogP contribution in [0.4, 0.5) is 0 Å². The zero-order chi connectivity index (χ0) is 13.7. The van der Waals surface area contributed by atoms with Crippen LogP contribution < -0.4 is 10.9 Å². The Hall–Kier alpha value is -1.92. The summed E-state index contributed by atoms with van der Waals surface area (Å²) in [6.07, 6.45) is 3.10. The highest BCUT2D eigenvalue weighted by atomic mass is 32.1. The van der Waals surface area contributed by atoms with E-state index < -0.39 is 0 Å². The van der Waals surface area contributed by atoms with Crippen LogP contribution in [0.3, 0.4) is 0 Å². The summed E-state index contributed by atoms with van der Waals surface area (Å²) in [5.41, 5.74) is 4.68. The number of hydrazine groups is 1. The van der Waals surface area contributed by atoms with Gasteiger partial charge in [0, 0.05) is 15.8 Å². The Labute approximate surface area is 118 Å². The minimum Gasteiger partial charge on any atom is -0.268 e. The fourth-order valence-electron chi connectivity index (χ4n) is 1.33. The molecule has 2 aromatic rings. The highest BCUT2D eigenvalue weighted by Crippen LogP contribution is 2.16. The molecular weight excluding hydrogens is 280 g/mol. The van der Waals surface area contributed by atoms with Crippen molar-refractivity contribution < 1.29 is 9.59 Å². The molecule has 2 heterocycles. The second kappa shape index (κ2) is 6.31. The number of carbonyl (C=O) groups excluding carboxylic acids is 2. The second-order valence-corrected chi connectivity index (χ2v) is 5.97. The van der Waals surface area contributed by atoms with E-state index in [1.807, 2.05) is 19.1 Å². The molecule has 0 saturated heterocycles. The maximum atomic E-state index is 11.6. The van der Waals surface area contributed by atoms with Crippen LogP contribution in [0.1, 0.15) is 19.4 Å². The maximum absolute atomic E-state index is 11.6. The number of hydrogen-bond donors (Lipinski definition) is 2. The first-order valence-electron chi connectivity index (χ1n) is 5.53. The Kier molecular flexibility index (Phi) is 4.48. The van der Waals surface area contributed by atoms with Crippen LogP contribution in [0, 0.1) is 6.92 Å². The second-order valence-electron chi connectivity index (χ2n) is 3.70. The van der Waals surface area contributed by atoms with Gasteiger partial charge in [-0.05, 0) is 36.6 Å². The Morgan fingerprint density at radius 3 is 2.68 bits per heavy atom. The van der Waals surface area contributed by atoms with Gasteiger partial charge in [-0.1, -0.05) is 6.07 Å². The zero-order valence-corrected chi connectivity index (χ0v) is 11.8. The van der Waals surface area contributed by atoms with Crippen LogP contribution in [0.2, 0.25) is 0 Å². The third-order valence-corrected chi connectivity index (χ3v) is 4.04. The van der Waals surface area contributed by atoms with Gasteiger partial charge in [-0.2, -0.15) is 0 Å². The summed E-state index contributed by atoms with van der Waals surface area (Å²) in [4.78, 5) is 25.8. The molecule has 4 nitrogen and oxygen atoms in total. The molecule has 0 aliphatic carbocycles. The molecular formula is C13H12N2O2S2. The molecule has 2 rings (SSSR count). The third kappa shape index (κ3) is 4.04. The SMILES string of the molecule is Cc1ccc(/C=C/C(=O)NNC(=O)c2cccs2)s1. The molecule has 0 bridgehead atoms. The molecule has 6 heteroatoms. The predicted octanol–water partition coefficient (Wildman–Crippen LogP) is 2.59. The van der Waals surface area contributed by atoms with Crippen molar-refractivity contribution in [3.05, 3.63) is 50.4 Å². The predicted molar refractivity (Wildman–Crippen MR) is 78.0 cm³/mol. The van der Waals surface area contributed by atoms with E-state index in [0.717, 1.165) is 4.88 Å². The summed E-state index contributed by atoms with van der Waals surface area (Å²) >= 11 is 2.92. The molecule has 0 aliphatic heterocycles. The van der Waals surface area contributed by atoms with Crippen molar-refractivity contribution in [2.75, 3.05) is 0 Å². The molecule has 0 aliphatic rings. The van der Waals surface area contributed by atoms with E-state index in [2.05, 4.69) is 10.9 Å². The number of nitrogens with one attached hydrogen (secondary N) is 2. The summed E-state index contributed by atoms with van der Waals surface area (Å²) in [7, 11) is 0. The van der Waals surface area contributed by atoms with Crippen molar-refractivity contribution >= 4 is 40.6 Å². The molecule has 0 spiro atoms. The fourth-order valence-corrected chi connectivity index (χ4v) is 2.73. The average Bonchev–Trinajstić information content (AvgIpc) is 3.04. The van der Waals surface area contributed by atoms with Gasteiger partial charge < -0.3 is 0 Å². The number of amides is 2. The minimum atomic E-state index is -0.365. The van der Waals surface area contributed by atoms with E-state index in [0.29, 0.717) is 4.88 Å². The molecule has 2 amide bonds. The first kappa shape index (κ1) is 13.5. The number of hydrogen-bond acceptors (Lipinski definition) is 4. The molecule has 2 N–H and O–H groups in total. The largest absolute Gasteiger partial charge is 0.279 e. The van der Waals surface area contributed by atoms with E-state index >= 15 is 0 Å². The Morgan fingerprint density at radius 2 is 2.05 bits per heavy atom. The smallest absolute Gasteiger partial charge is 0.268 e. The fraction of sp³-hybridized carbons (Fsp3) is 0.0769. The summed E-state index contributed by atoms with van der Waals surface area (Å²) < 4.78 is 0. The van der Waals surface area contributed by atoms with Gasteiger partial charge in [0.1, 0.15) is 0 Å². The molecule has 0 atom stereocenters. The number of thiophene rings is 2. The van der Waals surface area contributed by atoms with Crippen LogP contribution in [0.5, 0.6) is 0 Å². The van der Waals surface area contributed by atoms with Crippen molar-refractivity contribution in [3.63, 3.8) is 0 Å². The highest BCUT2D eigenvalue weighted by Gasteiger charge is 2.06. The first-order valence-corrected chi connectivity index (χ1v) is 7.23. The van der Waals surface area contributed by atoms with Crippen LogP contribution in [0.25, 0.3) is 6.08 Å². The molecule has 2 aromatic heterocycles. The quantitative estimate of drug-likeness (QED) is 0.675. The van der Waals surface area contributed by atoms with Crippen LogP contribution >= 0.6 is 22.7 Å². The number of carbonyl (C=O) groups is 2. The number of aryl methyl sites for hydroxylation is 1. The normalized spacial score (nSPS) is 10.6. The van der Waals surface area contributed by atoms with E-state index in [1.54, 1.807) is 34.9 Å². The Balaban J connectivity index is 1.82. The lowest BCUT2D eigenvalue weighted by molar-refractivity contribution is -0.117. The Bertz CT molecular complexity index is 600. The van der Waals surface area contributed by atoms with Gasteiger partial charge in [0.15, 0.2) is 0 Å². The van der Waals surface area contributed by atoms with Gasteiger partial charge in [-0.25, -0.2) is 0 Å². The van der Waals surface area contributed by atoms with Crippen LogP contribution in [0.15, 0.2) is 35.7 Å². The van der Waals surface area contributed by atoms with Crippen molar-refractivity contribution in [3.8, 4) is 0 Å². The van der Waals surface area contributed by atoms with E-state index in [4.69, 9.17) is 0 Å². The molecule has 0 saturated carbocycles.